The van der Waals surface area contributed by atoms with E-state index in [2.05, 4.69) is 0 Å². The molecule has 0 rings (SSSR count). The van der Waals surface area contributed by atoms with Crippen LogP contribution in [0.4, 0.5) is 0 Å². The van der Waals surface area contributed by atoms with Gasteiger partial charge in [-0.3, -0.25) is 0 Å². The lowest BCUT2D eigenvalue weighted by Crippen LogP contribution is -2.29. The molecule has 68 valence electrons. The van der Waals surface area contributed by atoms with Crippen molar-refractivity contribution >= 4 is 0 Å². The van der Waals surface area contributed by atoms with Crippen molar-refractivity contribution in [1.82, 2.24) is 0 Å². The van der Waals surface area contributed by atoms with Crippen LogP contribution in [0.3, 0.4) is 0 Å². The van der Waals surface area contributed by atoms with Crippen LogP contribution in [0, 0.1) is 5.92 Å². The summed E-state index contributed by atoms with van der Waals surface area (Å²) >= 11 is 0. The maximum Gasteiger partial charge on any atom is 0.0811 e. The molecule has 2 atom stereocenters. The third kappa shape index (κ3) is 5.18. The highest BCUT2D eigenvalue weighted by Gasteiger charge is 2.15. The topological polar surface area (TPSA) is 66.5 Å². The van der Waals surface area contributed by atoms with Gasteiger partial charge in [-0.1, -0.05) is 13.8 Å². The first kappa shape index (κ1) is 10.9. The number of hydrogen-bond donors (Lipinski definition) is 3. The highest BCUT2D eigenvalue weighted by Crippen LogP contribution is 2.09. The third-order valence-corrected chi connectivity index (χ3v) is 1.62. The van der Waals surface area contributed by atoms with Crippen LogP contribution in [0.5, 0.6) is 0 Å². The Morgan fingerprint density at radius 1 is 1.18 bits per heavy atom. The monoisotopic (exact) mass is 161 g/mol. The van der Waals surface area contributed by atoms with E-state index in [9.17, 15) is 10.2 Å². The Morgan fingerprint density at radius 3 is 2.09 bits per heavy atom. The molecule has 0 aliphatic rings. The molecule has 0 aromatic rings. The highest BCUT2D eigenvalue weighted by molar-refractivity contribution is 4.68. The fourth-order valence-corrected chi connectivity index (χ4v) is 1.00. The Kier molecular flexibility index (Phi) is 5.46. The van der Waals surface area contributed by atoms with Gasteiger partial charge in [-0.15, -0.1) is 0 Å². The van der Waals surface area contributed by atoms with E-state index in [0.29, 0.717) is 25.3 Å². The smallest absolute Gasteiger partial charge is 0.0811 e. The molecule has 0 fully saturated rings. The summed E-state index contributed by atoms with van der Waals surface area (Å²) in [7, 11) is 0. The fourth-order valence-electron chi connectivity index (χ4n) is 1.00. The van der Waals surface area contributed by atoms with E-state index in [1.807, 2.05) is 13.8 Å². The van der Waals surface area contributed by atoms with Gasteiger partial charge < -0.3 is 15.9 Å². The van der Waals surface area contributed by atoms with Crippen LogP contribution in [0.25, 0.3) is 0 Å². The molecule has 0 unspecified atom stereocenters. The first-order chi connectivity index (χ1) is 5.07. The van der Waals surface area contributed by atoms with Crippen molar-refractivity contribution in [3.8, 4) is 0 Å². The van der Waals surface area contributed by atoms with Crippen molar-refractivity contribution in [3.63, 3.8) is 0 Å². The van der Waals surface area contributed by atoms with Crippen molar-refractivity contribution in [2.75, 3.05) is 6.54 Å². The number of hydrogen-bond acceptors (Lipinski definition) is 3. The molecule has 3 nitrogen and oxygen atoms in total. The summed E-state index contributed by atoms with van der Waals surface area (Å²) in [6, 6.07) is 0. The summed E-state index contributed by atoms with van der Waals surface area (Å²) in [5, 5.41) is 18.6. The Balaban J connectivity index is 3.54. The van der Waals surface area contributed by atoms with Gasteiger partial charge in [0.15, 0.2) is 0 Å². The van der Waals surface area contributed by atoms with Crippen molar-refractivity contribution in [1.29, 1.82) is 0 Å². The number of nitrogens with two attached hydrogens (primary N) is 1. The largest absolute Gasteiger partial charge is 0.390 e. The molecule has 0 spiro atoms. The van der Waals surface area contributed by atoms with E-state index in [0.717, 1.165) is 0 Å². The van der Waals surface area contributed by atoms with Crippen LogP contribution < -0.4 is 5.73 Å². The molecule has 0 aromatic heterocycles. The quantitative estimate of drug-likeness (QED) is 0.536. The van der Waals surface area contributed by atoms with Gasteiger partial charge in [0.05, 0.1) is 12.2 Å². The van der Waals surface area contributed by atoms with Gasteiger partial charge in [-0.25, -0.2) is 0 Å². The highest BCUT2D eigenvalue weighted by atomic mass is 16.3. The Bertz CT molecular complexity index is 96.1. The van der Waals surface area contributed by atoms with Crippen molar-refractivity contribution in [3.05, 3.63) is 0 Å². The molecule has 0 amide bonds. The predicted octanol–water partition coefficient (Wildman–Crippen LogP) is 0.103. The molecular weight excluding hydrogens is 142 g/mol. The zero-order valence-electron chi connectivity index (χ0n) is 7.33. The average Bonchev–Trinajstić information content (AvgIpc) is 1.86. The molecule has 0 saturated carbocycles. The molecular formula is C8H19NO2. The molecule has 0 heterocycles. The minimum Gasteiger partial charge on any atom is -0.390 e. The molecule has 11 heavy (non-hydrogen) atoms. The molecule has 0 aromatic carbocycles. The van der Waals surface area contributed by atoms with Gasteiger partial charge in [-0.2, -0.15) is 0 Å². The summed E-state index contributed by atoms with van der Waals surface area (Å²) in [6.45, 7) is 4.45. The average molecular weight is 161 g/mol. The van der Waals surface area contributed by atoms with Crippen molar-refractivity contribution in [2.24, 2.45) is 11.7 Å². The SMILES string of the molecule is CC(C)C[C@H](O)[C@H](O)CCN. The van der Waals surface area contributed by atoms with Crippen LogP contribution in [-0.4, -0.2) is 29.0 Å². The number of aliphatic hydroxyl groups is 2. The first-order valence-corrected chi connectivity index (χ1v) is 4.14. The third-order valence-electron chi connectivity index (χ3n) is 1.62. The van der Waals surface area contributed by atoms with Crippen molar-refractivity contribution < 1.29 is 10.2 Å². The molecule has 0 aliphatic carbocycles. The fraction of sp³-hybridized carbons (Fsp3) is 1.00. The maximum atomic E-state index is 9.31. The molecule has 0 aliphatic heterocycles. The first-order valence-electron chi connectivity index (χ1n) is 4.14. The van der Waals surface area contributed by atoms with Gasteiger partial charge in [0.2, 0.25) is 0 Å². The van der Waals surface area contributed by atoms with Crippen LogP contribution >= 0.6 is 0 Å². The molecule has 3 heteroatoms. The van der Waals surface area contributed by atoms with E-state index in [1.165, 1.54) is 0 Å². The van der Waals surface area contributed by atoms with E-state index >= 15 is 0 Å². The van der Waals surface area contributed by atoms with Gasteiger partial charge in [-0.05, 0) is 25.3 Å². The van der Waals surface area contributed by atoms with E-state index in [-0.39, 0.29) is 0 Å². The lowest BCUT2D eigenvalue weighted by molar-refractivity contribution is 0.00456. The zero-order valence-corrected chi connectivity index (χ0v) is 7.33. The molecule has 0 saturated heterocycles. The van der Waals surface area contributed by atoms with Crippen LogP contribution in [-0.2, 0) is 0 Å². The second-order valence-corrected chi connectivity index (χ2v) is 3.34. The summed E-state index contributed by atoms with van der Waals surface area (Å²) in [4.78, 5) is 0. The van der Waals surface area contributed by atoms with E-state index < -0.39 is 12.2 Å². The summed E-state index contributed by atoms with van der Waals surface area (Å²) in [5.74, 6) is 0.414. The Labute approximate surface area is 68.2 Å². The second-order valence-electron chi connectivity index (χ2n) is 3.34. The van der Waals surface area contributed by atoms with Gasteiger partial charge in [0.25, 0.3) is 0 Å². The van der Waals surface area contributed by atoms with Crippen LogP contribution in [0.15, 0.2) is 0 Å². The molecule has 0 radical (unpaired) electrons. The molecule has 0 bridgehead atoms. The second kappa shape index (κ2) is 5.52. The van der Waals surface area contributed by atoms with Gasteiger partial charge in [0.1, 0.15) is 0 Å². The Morgan fingerprint density at radius 2 is 1.73 bits per heavy atom. The summed E-state index contributed by atoms with van der Waals surface area (Å²) in [6.07, 6.45) is -0.143. The number of aliphatic hydroxyl groups excluding tert-OH is 2. The van der Waals surface area contributed by atoms with Crippen molar-refractivity contribution in [2.45, 2.75) is 38.9 Å². The van der Waals surface area contributed by atoms with E-state index in [1.54, 1.807) is 0 Å². The lowest BCUT2D eigenvalue weighted by atomic mass is 10.0. The normalized spacial score (nSPS) is 16.9. The maximum absolute atomic E-state index is 9.31. The standard InChI is InChI=1S/C8H19NO2/c1-6(2)5-8(11)7(10)3-4-9/h6-8,10-11H,3-5,9H2,1-2H3/t7-,8+/m1/s1. The molecule has 4 N–H and O–H groups in total. The lowest BCUT2D eigenvalue weighted by Gasteiger charge is -2.18. The van der Waals surface area contributed by atoms with E-state index in [4.69, 9.17) is 5.73 Å². The zero-order chi connectivity index (χ0) is 8.85. The van der Waals surface area contributed by atoms with Crippen LogP contribution in [0.1, 0.15) is 26.7 Å². The van der Waals surface area contributed by atoms with Crippen LogP contribution in [0.2, 0.25) is 0 Å². The Hall–Kier alpha value is -0.120. The minimum absolute atomic E-state index is 0.414. The van der Waals surface area contributed by atoms with Gasteiger partial charge in [0, 0.05) is 0 Å². The minimum atomic E-state index is -0.651. The predicted molar refractivity (Wildman–Crippen MR) is 45.1 cm³/mol. The van der Waals surface area contributed by atoms with Gasteiger partial charge >= 0.3 is 0 Å². The number of rotatable bonds is 5. The summed E-state index contributed by atoms with van der Waals surface area (Å²) < 4.78 is 0. The summed E-state index contributed by atoms with van der Waals surface area (Å²) in [5.41, 5.74) is 5.23.